The van der Waals surface area contributed by atoms with Gasteiger partial charge in [-0.15, -0.1) is 0 Å². The van der Waals surface area contributed by atoms with E-state index in [9.17, 15) is 15.0 Å². The number of hydrogen-bond acceptors (Lipinski definition) is 3. The smallest absolute Gasteiger partial charge is 0.319 e. The molecule has 0 spiro atoms. The molecule has 0 aliphatic carbocycles. The Morgan fingerprint density at radius 1 is 1.40 bits per heavy atom. The van der Waals surface area contributed by atoms with Crippen LogP contribution in [-0.4, -0.2) is 22.0 Å². The first-order chi connectivity index (χ1) is 9.35. The van der Waals surface area contributed by atoms with Gasteiger partial charge in [0.25, 0.3) is 0 Å². The average molecular weight is 341 g/mol. The van der Waals surface area contributed by atoms with Gasteiger partial charge in [-0.25, -0.2) is 4.79 Å². The normalized spacial score (nSPS) is 19.6. The molecule has 20 heavy (non-hydrogen) atoms. The number of amides is 2. The van der Waals surface area contributed by atoms with Crippen LogP contribution in [0.15, 0.2) is 40.0 Å². The molecule has 0 saturated heterocycles. The number of rotatable bonds is 3. The van der Waals surface area contributed by atoms with E-state index in [1.807, 2.05) is 24.3 Å². The summed E-state index contributed by atoms with van der Waals surface area (Å²) in [7, 11) is 0. The monoisotopic (exact) mass is 340 g/mol. The van der Waals surface area contributed by atoms with Crippen molar-refractivity contribution in [1.82, 2.24) is 10.6 Å². The van der Waals surface area contributed by atoms with Crippen molar-refractivity contribution in [2.45, 2.75) is 32.1 Å². The van der Waals surface area contributed by atoms with Crippen LogP contribution in [0.25, 0.3) is 0 Å². The minimum atomic E-state index is -1.97. The summed E-state index contributed by atoms with van der Waals surface area (Å²) in [5, 5.41) is 25.7. The fraction of sp³-hybridized carbons (Fsp3) is 0.357. The minimum absolute atomic E-state index is 0.127. The van der Waals surface area contributed by atoms with Gasteiger partial charge < -0.3 is 20.8 Å². The first-order valence-electron chi connectivity index (χ1n) is 6.34. The number of urea groups is 1. The van der Waals surface area contributed by atoms with Crippen molar-refractivity contribution in [1.29, 1.82) is 0 Å². The van der Waals surface area contributed by atoms with Crippen LogP contribution < -0.4 is 10.6 Å². The third-order valence-electron chi connectivity index (χ3n) is 3.38. The van der Waals surface area contributed by atoms with Crippen molar-refractivity contribution in [3.8, 4) is 0 Å². The highest BCUT2D eigenvalue weighted by Crippen LogP contribution is 2.35. The van der Waals surface area contributed by atoms with Crippen LogP contribution in [0.1, 0.15) is 31.9 Å². The molecule has 4 N–H and O–H groups in total. The Bertz CT molecular complexity index is 569. The molecular formula is C14H17BrN2O3. The van der Waals surface area contributed by atoms with Crippen LogP contribution in [0.5, 0.6) is 0 Å². The number of nitrogens with one attached hydrogen (secondary N) is 2. The van der Waals surface area contributed by atoms with Crippen LogP contribution in [0.3, 0.4) is 0 Å². The third kappa shape index (κ3) is 2.87. The molecule has 5 nitrogen and oxygen atoms in total. The van der Waals surface area contributed by atoms with E-state index in [4.69, 9.17) is 0 Å². The summed E-state index contributed by atoms with van der Waals surface area (Å²) in [4.78, 5) is 11.7. The van der Waals surface area contributed by atoms with Crippen LogP contribution >= 0.6 is 15.9 Å². The topological polar surface area (TPSA) is 81.6 Å². The Morgan fingerprint density at radius 2 is 2.10 bits per heavy atom. The van der Waals surface area contributed by atoms with Gasteiger partial charge in [-0.3, -0.25) is 0 Å². The third-order valence-corrected chi connectivity index (χ3v) is 3.87. The van der Waals surface area contributed by atoms with E-state index in [0.717, 1.165) is 10.0 Å². The molecule has 6 heteroatoms. The largest absolute Gasteiger partial charge is 0.362 e. The van der Waals surface area contributed by atoms with Crippen LogP contribution in [0.4, 0.5) is 4.79 Å². The first kappa shape index (κ1) is 15.0. The van der Waals surface area contributed by atoms with E-state index in [1.54, 1.807) is 13.8 Å². The number of halogens is 1. The molecule has 0 fully saturated rings. The lowest BCUT2D eigenvalue weighted by Gasteiger charge is -2.36. The predicted molar refractivity (Wildman–Crippen MR) is 78.7 cm³/mol. The van der Waals surface area contributed by atoms with E-state index in [1.165, 1.54) is 0 Å². The standard InChI is InChI=1S/C14H17BrN2O3/c1-3-14(19,20)11-8(2)16-13(18)17-12(11)9-5-4-6-10(15)7-9/h4-7,12,19-20H,3H2,1-2H3,(H2,16,17,18)/t12-/m0/s1. The highest BCUT2D eigenvalue weighted by atomic mass is 79.9. The van der Waals surface area contributed by atoms with E-state index in [2.05, 4.69) is 26.6 Å². The lowest BCUT2D eigenvalue weighted by atomic mass is 9.88. The molecule has 1 atom stereocenters. The number of allylic oxidation sites excluding steroid dienone is 1. The molecule has 0 radical (unpaired) electrons. The van der Waals surface area contributed by atoms with Crippen LogP contribution in [-0.2, 0) is 0 Å². The molecule has 2 rings (SSSR count). The lowest BCUT2D eigenvalue weighted by molar-refractivity contribution is -0.135. The Morgan fingerprint density at radius 3 is 2.70 bits per heavy atom. The maximum atomic E-state index is 11.7. The maximum absolute atomic E-state index is 11.7. The Balaban J connectivity index is 2.53. The van der Waals surface area contributed by atoms with Crippen molar-refractivity contribution in [2.75, 3.05) is 0 Å². The SMILES string of the molecule is CCC(O)(O)C1=C(C)NC(=O)N[C@H]1c1cccc(Br)c1. The van der Waals surface area contributed by atoms with Crippen molar-refractivity contribution in [3.63, 3.8) is 0 Å². The molecule has 1 aromatic rings. The fourth-order valence-electron chi connectivity index (χ4n) is 2.35. The lowest BCUT2D eigenvalue weighted by Crippen LogP contribution is -2.49. The van der Waals surface area contributed by atoms with Crippen molar-refractivity contribution >= 4 is 22.0 Å². The molecular weight excluding hydrogens is 324 g/mol. The van der Waals surface area contributed by atoms with Crippen LogP contribution in [0.2, 0.25) is 0 Å². The van der Waals surface area contributed by atoms with Crippen LogP contribution in [0, 0.1) is 0 Å². The zero-order valence-corrected chi connectivity index (χ0v) is 12.9. The van der Waals surface area contributed by atoms with E-state index < -0.39 is 11.8 Å². The first-order valence-corrected chi connectivity index (χ1v) is 7.13. The second-order valence-corrected chi connectivity index (χ2v) is 5.71. The molecule has 0 bridgehead atoms. The summed E-state index contributed by atoms with van der Waals surface area (Å²) >= 11 is 3.38. The van der Waals surface area contributed by atoms with E-state index in [-0.39, 0.29) is 12.5 Å². The number of benzene rings is 1. The second-order valence-electron chi connectivity index (χ2n) is 4.80. The van der Waals surface area contributed by atoms with Crippen molar-refractivity contribution < 1.29 is 15.0 Å². The van der Waals surface area contributed by atoms with Crippen molar-refractivity contribution in [2.24, 2.45) is 0 Å². The zero-order valence-electron chi connectivity index (χ0n) is 11.3. The molecule has 0 saturated carbocycles. The van der Waals surface area contributed by atoms with Gasteiger partial charge in [0, 0.05) is 22.2 Å². The number of aliphatic hydroxyl groups is 2. The summed E-state index contributed by atoms with van der Waals surface area (Å²) < 4.78 is 0.859. The molecule has 108 valence electrons. The van der Waals surface area contributed by atoms with Crippen molar-refractivity contribution in [3.05, 3.63) is 45.6 Å². The Labute approximate surface area is 125 Å². The van der Waals surface area contributed by atoms with Gasteiger partial charge in [-0.1, -0.05) is 35.0 Å². The molecule has 1 aromatic carbocycles. The maximum Gasteiger partial charge on any atom is 0.319 e. The number of hydrogen-bond donors (Lipinski definition) is 4. The summed E-state index contributed by atoms with van der Waals surface area (Å²) in [5.74, 6) is -1.97. The van der Waals surface area contributed by atoms with E-state index in [0.29, 0.717) is 11.3 Å². The molecule has 1 aliphatic heterocycles. The highest BCUT2D eigenvalue weighted by molar-refractivity contribution is 9.10. The van der Waals surface area contributed by atoms with Gasteiger partial charge in [0.15, 0.2) is 5.79 Å². The second kappa shape index (κ2) is 5.55. The van der Waals surface area contributed by atoms with Gasteiger partial charge in [-0.2, -0.15) is 0 Å². The Kier molecular flexibility index (Phi) is 4.17. The number of carbonyl (C=O) groups excluding carboxylic acids is 1. The molecule has 2 amide bonds. The van der Waals surface area contributed by atoms with Gasteiger partial charge in [0.1, 0.15) is 0 Å². The summed E-state index contributed by atoms with van der Waals surface area (Å²) in [6.45, 7) is 3.34. The number of carbonyl (C=O) groups is 1. The predicted octanol–water partition coefficient (Wildman–Crippen LogP) is 2.17. The molecule has 1 heterocycles. The molecule has 1 aliphatic rings. The summed E-state index contributed by atoms with van der Waals surface area (Å²) in [5.41, 5.74) is 1.60. The molecule has 0 unspecified atom stereocenters. The Hall–Kier alpha value is -1.37. The highest BCUT2D eigenvalue weighted by Gasteiger charge is 2.38. The van der Waals surface area contributed by atoms with Gasteiger partial charge in [0.2, 0.25) is 0 Å². The average Bonchev–Trinajstić information content (AvgIpc) is 2.37. The quantitative estimate of drug-likeness (QED) is 0.636. The minimum Gasteiger partial charge on any atom is -0.362 e. The fourth-order valence-corrected chi connectivity index (χ4v) is 2.77. The van der Waals surface area contributed by atoms with Gasteiger partial charge in [-0.05, 0) is 24.6 Å². The van der Waals surface area contributed by atoms with Gasteiger partial charge in [0.05, 0.1) is 6.04 Å². The molecule has 0 aromatic heterocycles. The zero-order chi connectivity index (χ0) is 14.9. The summed E-state index contributed by atoms with van der Waals surface area (Å²) in [6, 6.07) is 6.45. The van der Waals surface area contributed by atoms with E-state index >= 15 is 0 Å². The summed E-state index contributed by atoms with van der Waals surface area (Å²) in [6.07, 6.45) is 0.127. The van der Waals surface area contributed by atoms with Gasteiger partial charge >= 0.3 is 6.03 Å².